The van der Waals surface area contributed by atoms with Crippen molar-refractivity contribution in [3.63, 3.8) is 0 Å². The molecule has 1 aromatic rings. The molecule has 0 unspecified atom stereocenters. The molecule has 1 saturated carbocycles. The number of nitrogens with zero attached hydrogens (tertiary/aromatic N) is 1. The number of rotatable bonds is 4. The predicted molar refractivity (Wildman–Crippen MR) is 70.1 cm³/mol. The Balaban J connectivity index is 2.21. The molecule has 0 heterocycles. The van der Waals surface area contributed by atoms with E-state index >= 15 is 0 Å². The number of anilines is 1. The van der Waals surface area contributed by atoms with Crippen LogP contribution < -0.4 is 11.1 Å². The highest BCUT2D eigenvalue weighted by atomic mass is 79.9. The molecule has 0 spiro atoms. The minimum absolute atomic E-state index is 0.0638. The molecule has 96 valence electrons. The maximum Gasteiger partial charge on any atom is 0.271 e. The molecular formula is C11H12BrN3O3. The van der Waals surface area contributed by atoms with Gasteiger partial charge < -0.3 is 11.1 Å². The highest BCUT2D eigenvalue weighted by Crippen LogP contribution is 2.45. The van der Waals surface area contributed by atoms with Gasteiger partial charge in [-0.1, -0.05) is 0 Å². The maximum absolute atomic E-state index is 12.0. The molecular weight excluding hydrogens is 302 g/mol. The van der Waals surface area contributed by atoms with E-state index in [4.69, 9.17) is 5.73 Å². The van der Waals surface area contributed by atoms with Gasteiger partial charge in [-0.3, -0.25) is 14.9 Å². The van der Waals surface area contributed by atoms with E-state index in [1.165, 1.54) is 18.2 Å². The number of benzene rings is 1. The number of carbonyl (C=O) groups is 1. The van der Waals surface area contributed by atoms with E-state index in [0.717, 1.165) is 12.8 Å². The van der Waals surface area contributed by atoms with Crippen LogP contribution in [0.4, 0.5) is 11.4 Å². The second kappa shape index (κ2) is 4.66. The summed E-state index contributed by atoms with van der Waals surface area (Å²) in [4.78, 5) is 22.2. The molecule has 0 saturated heterocycles. The Morgan fingerprint density at radius 1 is 1.56 bits per heavy atom. The van der Waals surface area contributed by atoms with E-state index in [0.29, 0.717) is 16.7 Å². The summed E-state index contributed by atoms with van der Waals surface area (Å²) in [6.07, 6.45) is 1.53. The monoisotopic (exact) mass is 313 g/mol. The van der Waals surface area contributed by atoms with Crippen molar-refractivity contribution in [2.24, 2.45) is 11.1 Å². The van der Waals surface area contributed by atoms with Crippen molar-refractivity contribution in [3.8, 4) is 0 Å². The number of nitro benzene ring substituents is 1. The number of nitrogens with two attached hydrogens (primary N) is 1. The molecule has 6 nitrogen and oxygen atoms in total. The van der Waals surface area contributed by atoms with Crippen LogP contribution in [0.1, 0.15) is 12.8 Å². The van der Waals surface area contributed by atoms with Gasteiger partial charge in [-0.25, -0.2) is 0 Å². The first-order chi connectivity index (χ1) is 8.48. The summed E-state index contributed by atoms with van der Waals surface area (Å²) in [5.41, 5.74) is 5.41. The number of amides is 1. The first-order valence-electron chi connectivity index (χ1n) is 5.44. The van der Waals surface area contributed by atoms with E-state index < -0.39 is 10.3 Å². The molecule has 2 rings (SSSR count). The number of carbonyl (C=O) groups excluding carboxylic acids is 1. The van der Waals surface area contributed by atoms with Gasteiger partial charge in [0.2, 0.25) is 5.91 Å². The molecule has 0 radical (unpaired) electrons. The van der Waals surface area contributed by atoms with Crippen molar-refractivity contribution in [2.45, 2.75) is 12.8 Å². The third kappa shape index (κ3) is 2.37. The van der Waals surface area contributed by atoms with E-state index in [1.54, 1.807) is 0 Å². The zero-order valence-electron chi connectivity index (χ0n) is 9.48. The number of nitrogens with one attached hydrogen (secondary N) is 1. The zero-order valence-corrected chi connectivity index (χ0v) is 11.1. The lowest BCUT2D eigenvalue weighted by Crippen LogP contribution is -2.30. The second-order valence-corrected chi connectivity index (χ2v) is 5.21. The summed E-state index contributed by atoms with van der Waals surface area (Å²) in [5, 5.41) is 13.4. The van der Waals surface area contributed by atoms with Gasteiger partial charge in [0.15, 0.2) is 0 Å². The van der Waals surface area contributed by atoms with Gasteiger partial charge in [0.05, 0.1) is 16.0 Å². The van der Waals surface area contributed by atoms with Gasteiger partial charge in [-0.15, -0.1) is 0 Å². The van der Waals surface area contributed by atoms with Gasteiger partial charge in [-0.05, 0) is 34.8 Å². The van der Waals surface area contributed by atoms with E-state index in [9.17, 15) is 14.9 Å². The van der Waals surface area contributed by atoms with Crippen LogP contribution in [0.3, 0.4) is 0 Å². The normalized spacial score (nSPS) is 16.1. The molecule has 18 heavy (non-hydrogen) atoms. The molecule has 0 bridgehead atoms. The third-order valence-electron chi connectivity index (χ3n) is 3.13. The fourth-order valence-electron chi connectivity index (χ4n) is 1.65. The molecule has 1 fully saturated rings. The summed E-state index contributed by atoms with van der Waals surface area (Å²) in [6, 6.07) is 4.24. The molecule has 1 aromatic carbocycles. The smallest absolute Gasteiger partial charge is 0.271 e. The topological polar surface area (TPSA) is 98.3 Å². The quantitative estimate of drug-likeness (QED) is 0.656. The van der Waals surface area contributed by atoms with Gasteiger partial charge in [0, 0.05) is 23.2 Å². The Hall–Kier alpha value is -1.47. The highest BCUT2D eigenvalue weighted by molar-refractivity contribution is 9.10. The molecule has 3 N–H and O–H groups in total. The van der Waals surface area contributed by atoms with Crippen molar-refractivity contribution in [1.82, 2.24) is 0 Å². The van der Waals surface area contributed by atoms with Gasteiger partial charge in [-0.2, -0.15) is 0 Å². The van der Waals surface area contributed by atoms with Crippen LogP contribution in [0.25, 0.3) is 0 Å². The predicted octanol–water partition coefficient (Wildman–Crippen LogP) is 2.03. The number of hydrogen-bond donors (Lipinski definition) is 2. The van der Waals surface area contributed by atoms with Crippen LogP contribution in [0.2, 0.25) is 0 Å². The summed E-state index contributed by atoms with van der Waals surface area (Å²) in [5.74, 6) is -0.175. The Labute approximate surface area is 112 Å². The Morgan fingerprint density at radius 3 is 2.72 bits per heavy atom. The first-order valence-corrected chi connectivity index (χ1v) is 6.23. The van der Waals surface area contributed by atoms with Crippen LogP contribution >= 0.6 is 15.9 Å². The van der Waals surface area contributed by atoms with Gasteiger partial charge in [0.1, 0.15) is 0 Å². The van der Waals surface area contributed by atoms with Crippen molar-refractivity contribution >= 4 is 33.2 Å². The zero-order chi connectivity index (χ0) is 13.3. The van der Waals surface area contributed by atoms with Crippen LogP contribution in [0.5, 0.6) is 0 Å². The minimum Gasteiger partial charge on any atom is -0.329 e. The summed E-state index contributed by atoms with van der Waals surface area (Å²) < 4.78 is 0.606. The van der Waals surface area contributed by atoms with Crippen LogP contribution in [-0.2, 0) is 4.79 Å². The van der Waals surface area contributed by atoms with Crippen LogP contribution in [-0.4, -0.2) is 17.4 Å². The summed E-state index contributed by atoms with van der Waals surface area (Å²) in [6.45, 7) is 0.297. The largest absolute Gasteiger partial charge is 0.329 e. The number of halogens is 1. The Kier molecular flexibility index (Phi) is 3.36. The fourth-order valence-corrected chi connectivity index (χ4v) is 2.00. The Morgan fingerprint density at radius 2 is 2.22 bits per heavy atom. The second-order valence-electron chi connectivity index (χ2n) is 4.36. The lowest BCUT2D eigenvalue weighted by molar-refractivity contribution is -0.384. The van der Waals surface area contributed by atoms with E-state index in [1.807, 2.05) is 0 Å². The fraction of sp³-hybridized carbons (Fsp3) is 0.364. The minimum atomic E-state index is -0.502. The first kappa shape index (κ1) is 13.0. The standard InChI is InChI=1S/C11H12BrN3O3/c12-8-2-1-7(15(17)18)5-9(8)14-10(16)11(6-13)3-4-11/h1-2,5H,3-4,6,13H2,(H,14,16). The molecule has 0 aromatic heterocycles. The highest BCUT2D eigenvalue weighted by Gasteiger charge is 2.48. The van der Waals surface area contributed by atoms with Crippen molar-refractivity contribution in [1.29, 1.82) is 0 Å². The van der Waals surface area contributed by atoms with Crippen LogP contribution in [0.15, 0.2) is 22.7 Å². The molecule has 0 atom stereocenters. The van der Waals surface area contributed by atoms with Crippen molar-refractivity contribution < 1.29 is 9.72 Å². The third-order valence-corrected chi connectivity index (χ3v) is 3.83. The Bertz CT molecular complexity index is 514. The molecule has 7 heteroatoms. The molecule has 1 aliphatic rings. The summed E-state index contributed by atoms with van der Waals surface area (Å²) >= 11 is 3.25. The van der Waals surface area contributed by atoms with Crippen molar-refractivity contribution in [2.75, 3.05) is 11.9 Å². The summed E-state index contributed by atoms with van der Waals surface area (Å²) in [7, 11) is 0. The van der Waals surface area contributed by atoms with E-state index in [-0.39, 0.29) is 11.6 Å². The average molecular weight is 314 g/mol. The lowest BCUT2D eigenvalue weighted by atomic mass is 10.1. The lowest BCUT2D eigenvalue weighted by Gasteiger charge is -2.13. The number of hydrogen-bond acceptors (Lipinski definition) is 4. The van der Waals surface area contributed by atoms with Crippen LogP contribution in [0, 0.1) is 15.5 Å². The van der Waals surface area contributed by atoms with Crippen molar-refractivity contribution in [3.05, 3.63) is 32.8 Å². The van der Waals surface area contributed by atoms with Gasteiger partial charge >= 0.3 is 0 Å². The molecule has 1 amide bonds. The van der Waals surface area contributed by atoms with Gasteiger partial charge in [0.25, 0.3) is 5.69 Å². The SMILES string of the molecule is NCC1(C(=O)Nc2cc([N+](=O)[O-])ccc2Br)CC1. The number of non-ortho nitro benzene ring substituents is 1. The van der Waals surface area contributed by atoms with E-state index in [2.05, 4.69) is 21.2 Å². The maximum atomic E-state index is 12.0. The number of nitro groups is 1. The molecule has 0 aliphatic heterocycles. The molecule has 1 aliphatic carbocycles. The average Bonchev–Trinajstić information content (AvgIpc) is 3.12.